The standard InChI is InChI=1S/C16H30N2/c1-4-14-10-17-16(3,5-2)11-18(14)15(12-6-7-12)13-8-9-13/h12-15,17H,4-11H2,1-3H3. The molecule has 1 aliphatic heterocycles. The fourth-order valence-corrected chi connectivity index (χ4v) is 3.84. The molecular weight excluding hydrogens is 220 g/mol. The molecule has 2 atom stereocenters. The Hall–Kier alpha value is -0.0800. The van der Waals surface area contributed by atoms with Crippen molar-refractivity contribution in [2.75, 3.05) is 13.1 Å². The summed E-state index contributed by atoms with van der Waals surface area (Å²) in [5, 5.41) is 3.81. The molecule has 0 aromatic carbocycles. The second-order valence-corrected chi connectivity index (χ2v) is 7.19. The lowest BCUT2D eigenvalue weighted by molar-refractivity contribution is 0.0262. The highest BCUT2D eigenvalue weighted by Crippen LogP contribution is 2.48. The summed E-state index contributed by atoms with van der Waals surface area (Å²) in [5.41, 5.74) is 0.355. The Labute approximate surface area is 113 Å². The van der Waals surface area contributed by atoms with Gasteiger partial charge in [0.1, 0.15) is 0 Å². The highest BCUT2D eigenvalue weighted by Gasteiger charge is 2.48. The minimum Gasteiger partial charge on any atom is -0.309 e. The van der Waals surface area contributed by atoms with E-state index in [4.69, 9.17) is 0 Å². The SMILES string of the molecule is CCC1CNC(C)(CC)CN1C(C1CC1)C1CC1. The van der Waals surface area contributed by atoms with Crippen molar-refractivity contribution < 1.29 is 0 Å². The van der Waals surface area contributed by atoms with Gasteiger partial charge in [0.05, 0.1) is 0 Å². The molecule has 0 amide bonds. The van der Waals surface area contributed by atoms with Gasteiger partial charge in [-0.05, 0) is 57.3 Å². The highest BCUT2D eigenvalue weighted by atomic mass is 15.3. The van der Waals surface area contributed by atoms with Gasteiger partial charge >= 0.3 is 0 Å². The zero-order valence-electron chi connectivity index (χ0n) is 12.4. The minimum absolute atomic E-state index is 0.355. The predicted molar refractivity (Wildman–Crippen MR) is 76.7 cm³/mol. The number of rotatable bonds is 5. The molecule has 0 spiro atoms. The third-order valence-corrected chi connectivity index (χ3v) is 5.61. The van der Waals surface area contributed by atoms with E-state index in [1.165, 1.54) is 51.6 Å². The van der Waals surface area contributed by atoms with Crippen molar-refractivity contribution in [3.05, 3.63) is 0 Å². The molecule has 0 radical (unpaired) electrons. The summed E-state index contributed by atoms with van der Waals surface area (Å²) in [6.45, 7) is 9.60. The monoisotopic (exact) mass is 250 g/mol. The Balaban J connectivity index is 1.76. The fraction of sp³-hybridized carbons (Fsp3) is 1.00. The molecule has 0 bridgehead atoms. The molecule has 1 N–H and O–H groups in total. The lowest BCUT2D eigenvalue weighted by atomic mass is 9.89. The second-order valence-electron chi connectivity index (χ2n) is 7.19. The summed E-state index contributed by atoms with van der Waals surface area (Å²) in [5.74, 6) is 2.09. The van der Waals surface area contributed by atoms with E-state index >= 15 is 0 Å². The highest BCUT2D eigenvalue weighted by molar-refractivity contribution is 5.04. The molecule has 0 aromatic heterocycles. The number of nitrogens with one attached hydrogen (secondary N) is 1. The smallest absolute Gasteiger partial charge is 0.0278 e. The Morgan fingerprint density at radius 1 is 1.17 bits per heavy atom. The largest absolute Gasteiger partial charge is 0.309 e. The van der Waals surface area contributed by atoms with Crippen molar-refractivity contribution in [1.29, 1.82) is 0 Å². The predicted octanol–water partition coefficient (Wildman–Crippen LogP) is 3.03. The van der Waals surface area contributed by atoms with Crippen LogP contribution < -0.4 is 5.32 Å². The van der Waals surface area contributed by atoms with Gasteiger partial charge in [0.15, 0.2) is 0 Å². The number of hydrogen-bond donors (Lipinski definition) is 1. The van der Waals surface area contributed by atoms with Gasteiger partial charge in [0.25, 0.3) is 0 Å². The Kier molecular flexibility index (Phi) is 3.44. The lowest BCUT2D eigenvalue weighted by Crippen LogP contribution is -2.65. The molecular formula is C16H30N2. The lowest BCUT2D eigenvalue weighted by Gasteiger charge is -2.49. The normalized spacial score (nSPS) is 38.3. The quantitative estimate of drug-likeness (QED) is 0.807. The third-order valence-electron chi connectivity index (χ3n) is 5.61. The van der Waals surface area contributed by atoms with Crippen molar-refractivity contribution in [2.45, 2.75) is 76.9 Å². The van der Waals surface area contributed by atoms with E-state index < -0.39 is 0 Å². The summed E-state index contributed by atoms with van der Waals surface area (Å²) in [7, 11) is 0. The van der Waals surface area contributed by atoms with E-state index in [2.05, 4.69) is 31.0 Å². The van der Waals surface area contributed by atoms with Crippen LogP contribution in [0.2, 0.25) is 0 Å². The van der Waals surface area contributed by atoms with E-state index in [0.717, 1.165) is 23.9 Å². The molecule has 2 heteroatoms. The molecule has 1 heterocycles. The Morgan fingerprint density at radius 2 is 1.78 bits per heavy atom. The maximum Gasteiger partial charge on any atom is 0.0278 e. The fourth-order valence-electron chi connectivity index (χ4n) is 3.84. The first-order chi connectivity index (χ1) is 8.67. The molecule has 2 unspecified atom stereocenters. The van der Waals surface area contributed by atoms with Gasteiger partial charge in [0.2, 0.25) is 0 Å². The van der Waals surface area contributed by atoms with Crippen LogP contribution in [-0.4, -0.2) is 35.6 Å². The molecule has 3 rings (SSSR count). The molecule has 1 saturated heterocycles. The maximum absolute atomic E-state index is 3.81. The van der Waals surface area contributed by atoms with Crippen LogP contribution in [0.1, 0.15) is 59.3 Å². The summed E-state index contributed by atoms with van der Waals surface area (Å²) in [6.07, 6.45) is 8.58. The van der Waals surface area contributed by atoms with E-state index in [9.17, 15) is 0 Å². The van der Waals surface area contributed by atoms with Crippen LogP contribution in [0.5, 0.6) is 0 Å². The van der Waals surface area contributed by atoms with E-state index in [0.29, 0.717) is 5.54 Å². The zero-order valence-corrected chi connectivity index (χ0v) is 12.4. The van der Waals surface area contributed by atoms with Crippen LogP contribution in [0.4, 0.5) is 0 Å². The summed E-state index contributed by atoms with van der Waals surface area (Å²) >= 11 is 0. The first-order valence-corrected chi connectivity index (χ1v) is 8.17. The molecule has 0 aromatic rings. The molecule has 104 valence electrons. The van der Waals surface area contributed by atoms with Gasteiger partial charge in [-0.3, -0.25) is 4.90 Å². The number of hydrogen-bond acceptors (Lipinski definition) is 2. The van der Waals surface area contributed by atoms with Gasteiger partial charge in [-0.2, -0.15) is 0 Å². The van der Waals surface area contributed by atoms with Crippen LogP contribution in [0.25, 0.3) is 0 Å². The molecule has 3 fully saturated rings. The molecule has 2 aliphatic carbocycles. The Morgan fingerprint density at radius 3 is 2.22 bits per heavy atom. The van der Waals surface area contributed by atoms with Crippen LogP contribution in [-0.2, 0) is 0 Å². The minimum atomic E-state index is 0.355. The van der Waals surface area contributed by atoms with Gasteiger partial charge in [-0.1, -0.05) is 13.8 Å². The van der Waals surface area contributed by atoms with Crippen molar-refractivity contribution in [1.82, 2.24) is 10.2 Å². The van der Waals surface area contributed by atoms with Crippen molar-refractivity contribution in [3.63, 3.8) is 0 Å². The van der Waals surface area contributed by atoms with Gasteiger partial charge < -0.3 is 5.32 Å². The van der Waals surface area contributed by atoms with Crippen molar-refractivity contribution in [2.24, 2.45) is 11.8 Å². The molecule has 2 saturated carbocycles. The Bertz CT molecular complexity index is 283. The summed E-state index contributed by atoms with van der Waals surface area (Å²) in [6, 6.07) is 1.72. The average molecular weight is 250 g/mol. The first kappa shape index (κ1) is 12.9. The maximum atomic E-state index is 3.81. The third kappa shape index (κ3) is 2.46. The van der Waals surface area contributed by atoms with Crippen molar-refractivity contribution in [3.8, 4) is 0 Å². The van der Waals surface area contributed by atoms with Gasteiger partial charge in [-0.15, -0.1) is 0 Å². The van der Waals surface area contributed by atoms with Crippen LogP contribution in [0.3, 0.4) is 0 Å². The molecule has 3 aliphatic rings. The van der Waals surface area contributed by atoms with E-state index in [-0.39, 0.29) is 0 Å². The van der Waals surface area contributed by atoms with Gasteiger partial charge in [0, 0.05) is 30.7 Å². The van der Waals surface area contributed by atoms with Crippen LogP contribution in [0.15, 0.2) is 0 Å². The first-order valence-electron chi connectivity index (χ1n) is 8.17. The van der Waals surface area contributed by atoms with Gasteiger partial charge in [-0.25, -0.2) is 0 Å². The topological polar surface area (TPSA) is 15.3 Å². The number of nitrogens with zero attached hydrogens (tertiary/aromatic N) is 1. The average Bonchev–Trinajstić information content (AvgIpc) is 3.24. The van der Waals surface area contributed by atoms with Crippen LogP contribution >= 0.6 is 0 Å². The van der Waals surface area contributed by atoms with Crippen molar-refractivity contribution >= 4 is 0 Å². The van der Waals surface area contributed by atoms with E-state index in [1.807, 2.05) is 0 Å². The second kappa shape index (κ2) is 4.79. The summed E-state index contributed by atoms with van der Waals surface area (Å²) < 4.78 is 0. The number of piperazine rings is 1. The van der Waals surface area contributed by atoms with Crippen LogP contribution in [0, 0.1) is 11.8 Å². The zero-order chi connectivity index (χ0) is 12.8. The van der Waals surface area contributed by atoms with E-state index in [1.54, 1.807) is 0 Å². The summed E-state index contributed by atoms with van der Waals surface area (Å²) in [4.78, 5) is 2.93. The molecule has 18 heavy (non-hydrogen) atoms. The molecule has 2 nitrogen and oxygen atoms in total.